The highest BCUT2D eigenvalue weighted by molar-refractivity contribution is 6.05. The van der Waals surface area contributed by atoms with Crippen molar-refractivity contribution < 1.29 is 9.21 Å². The normalized spacial score (nSPS) is 10.8. The van der Waals surface area contributed by atoms with Gasteiger partial charge in [0.25, 0.3) is 5.91 Å². The number of carbonyl (C=O) groups excluding carboxylic acids is 1. The van der Waals surface area contributed by atoms with Gasteiger partial charge in [-0.05, 0) is 31.5 Å². The smallest absolute Gasteiger partial charge is 0.259 e. The minimum absolute atomic E-state index is 0.166. The average Bonchev–Trinajstić information content (AvgIpc) is 2.71. The fraction of sp³-hybridized carbons (Fsp3) is 0.333. The van der Waals surface area contributed by atoms with E-state index >= 15 is 0 Å². The van der Waals surface area contributed by atoms with Gasteiger partial charge in [-0.15, -0.1) is 0 Å². The quantitative estimate of drug-likeness (QED) is 0.913. The highest BCUT2D eigenvalue weighted by Gasteiger charge is 2.16. The van der Waals surface area contributed by atoms with Crippen LogP contribution in [0.25, 0.3) is 0 Å². The molecule has 2 aromatic heterocycles. The Morgan fingerprint density at radius 3 is 2.58 bits per heavy atom. The molecule has 0 atom stereocenters. The van der Waals surface area contributed by atoms with E-state index < -0.39 is 0 Å². The fourth-order valence-corrected chi connectivity index (χ4v) is 1.84. The van der Waals surface area contributed by atoms with Crippen molar-refractivity contribution in [3.63, 3.8) is 0 Å². The summed E-state index contributed by atoms with van der Waals surface area (Å²) in [5, 5.41) is 2.83. The number of nitrogens with one attached hydrogen (secondary N) is 1. The maximum Gasteiger partial charge on any atom is 0.259 e. The minimum Gasteiger partial charge on any atom is -0.465 e. The molecular weight excluding hydrogens is 240 g/mol. The molecule has 0 aliphatic heterocycles. The maximum absolute atomic E-state index is 12.2. The summed E-state index contributed by atoms with van der Waals surface area (Å²) in [5.41, 5.74) is 2.27. The van der Waals surface area contributed by atoms with Gasteiger partial charge in [-0.1, -0.05) is 13.8 Å². The number of furan rings is 1. The molecule has 2 aromatic rings. The molecule has 0 radical (unpaired) electrons. The van der Waals surface area contributed by atoms with Crippen molar-refractivity contribution in [1.82, 2.24) is 4.98 Å². The number of aryl methyl sites for hydroxylation is 2. The molecule has 0 aliphatic carbocycles. The molecule has 0 spiro atoms. The lowest BCUT2D eigenvalue weighted by atomic mass is 10.1. The SMILES string of the molecule is Cc1cncc(NC(=O)c2cc(C(C)C)oc2C)c1. The lowest BCUT2D eigenvalue weighted by Gasteiger charge is -2.04. The van der Waals surface area contributed by atoms with Crippen LogP contribution in [-0.2, 0) is 0 Å². The topological polar surface area (TPSA) is 55.1 Å². The molecule has 1 amide bonds. The van der Waals surface area contributed by atoms with Crippen LogP contribution in [0, 0.1) is 13.8 Å². The second-order valence-corrected chi connectivity index (χ2v) is 4.98. The Morgan fingerprint density at radius 2 is 2.00 bits per heavy atom. The highest BCUT2D eigenvalue weighted by atomic mass is 16.3. The summed E-state index contributed by atoms with van der Waals surface area (Å²) in [4.78, 5) is 16.2. The van der Waals surface area contributed by atoms with E-state index in [1.165, 1.54) is 0 Å². The number of carbonyl (C=O) groups is 1. The van der Waals surface area contributed by atoms with E-state index in [0.29, 0.717) is 17.0 Å². The Morgan fingerprint density at radius 1 is 1.26 bits per heavy atom. The largest absolute Gasteiger partial charge is 0.465 e. The summed E-state index contributed by atoms with van der Waals surface area (Å²) >= 11 is 0. The van der Waals surface area contributed by atoms with Crippen molar-refractivity contribution in [1.29, 1.82) is 0 Å². The average molecular weight is 258 g/mol. The third kappa shape index (κ3) is 3.02. The number of rotatable bonds is 3. The summed E-state index contributed by atoms with van der Waals surface area (Å²) in [7, 11) is 0. The number of hydrogen-bond acceptors (Lipinski definition) is 3. The molecule has 0 saturated carbocycles. The van der Waals surface area contributed by atoms with Crippen LogP contribution in [-0.4, -0.2) is 10.9 Å². The molecule has 0 saturated heterocycles. The molecule has 2 rings (SSSR count). The van der Waals surface area contributed by atoms with Gasteiger partial charge in [0.05, 0.1) is 17.4 Å². The first-order chi connectivity index (χ1) is 8.97. The lowest BCUT2D eigenvalue weighted by molar-refractivity contribution is 0.102. The number of anilines is 1. The molecule has 2 heterocycles. The van der Waals surface area contributed by atoms with Gasteiger partial charge in [0.15, 0.2) is 0 Å². The summed E-state index contributed by atoms with van der Waals surface area (Å²) < 4.78 is 5.58. The Hall–Kier alpha value is -2.10. The number of amides is 1. The van der Waals surface area contributed by atoms with Crippen molar-refractivity contribution in [2.24, 2.45) is 0 Å². The Bertz CT molecular complexity index is 600. The van der Waals surface area contributed by atoms with E-state index in [-0.39, 0.29) is 11.8 Å². The zero-order valence-corrected chi connectivity index (χ0v) is 11.7. The lowest BCUT2D eigenvalue weighted by Crippen LogP contribution is -2.12. The van der Waals surface area contributed by atoms with Crippen LogP contribution in [0.3, 0.4) is 0 Å². The molecule has 0 aliphatic rings. The minimum atomic E-state index is -0.166. The van der Waals surface area contributed by atoms with Crippen LogP contribution in [0.2, 0.25) is 0 Å². The van der Waals surface area contributed by atoms with Crippen LogP contribution in [0.5, 0.6) is 0 Å². The van der Waals surface area contributed by atoms with Crippen LogP contribution >= 0.6 is 0 Å². The number of nitrogens with zero attached hydrogens (tertiary/aromatic N) is 1. The molecule has 0 fully saturated rings. The van der Waals surface area contributed by atoms with Gasteiger partial charge < -0.3 is 9.73 Å². The monoisotopic (exact) mass is 258 g/mol. The van der Waals surface area contributed by atoms with Crippen LogP contribution < -0.4 is 5.32 Å². The van der Waals surface area contributed by atoms with Crippen molar-refractivity contribution in [3.8, 4) is 0 Å². The van der Waals surface area contributed by atoms with E-state index in [1.54, 1.807) is 25.4 Å². The Balaban J connectivity index is 2.20. The summed E-state index contributed by atoms with van der Waals surface area (Å²) in [6, 6.07) is 3.68. The predicted octanol–water partition coefficient (Wildman–Crippen LogP) is 3.67. The van der Waals surface area contributed by atoms with Crippen molar-refractivity contribution in [3.05, 3.63) is 47.2 Å². The van der Waals surface area contributed by atoms with E-state index in [4.69, 9.17) is 4.42 Å². The molecule has 4 heteroatoms. The van der Waals surface area contributed by atoms with Crippen LogP contribution in [0.15, 0.2) is 28.9 Å². The standard InChI is InChI=1S/C15H18N2O2/c1-9(2)14-6-13(11(4)19-14)15(18)17-12-5-10(3)7-16-8-12/h5-9H,1-4H3,(H,17,18). The molecule has 0 aromatic carbocycles. The van der Waals surface area contributed by atoms with Crippen LogP contribution in [0.1, 0.15) is 47.2 Å². The second-order valence-electron chi connectivity index (χ2n) is 4.98. The second kappa shape index (κ2) is 5.26. The summed E-state index contributed by atoms with van der Waals surface area (Å²) in [5.74, 6) is 1.56. The van der Waals surface area contributed by atoms with Gasteiger partial charge in [-0.3, -0.25) is 9.78 Å². The van der Waals surface area contributed by atoms with Gasteiger partial charge in [-0.25, -0.2) is 0 Å². The zero-order valence-electron chi connectivity index (χ0n) is 11.7. The first-order valence-electron chi connectivity index (χ1n) is 6.30. The Kier molecular flexibility index (Phi) is 3.69. The van der Waals surface area contributed by atoms with Crippen molar-refractivity contribution >= 4 is 11.6 Å². The number of aromatic nitrogens is 1. The number of hydrogen-bond donors (Lipinski definition) is 1. The van der Waals surface area contributed by atoms with Gasteiger partial charge in [0.2, 0.25) is 0 Å². The molecule has 0 bridgehead atoms. The maximum atomic E-state index is 12.2. The molecule has 100 valence electrons. The summed E-state index contributed by atoms with van der Waals surface area (Å²) in [6.07, 6.45) is 3.37. The molecule has 4 nitrogen and oxygen atoms in total. The fourth-order valence-electron chi connectivity index (χ4n) is 1.84. The molecule has 0 unspecified atom stereocenters. The van der Waals surface area contributed by atoms with Crippen LogP contribution in [0.4, 0.5) is 5.69 Å². The molecule has 1 N–H and O–H groups in total. The number of pyridine rings is 1. The van der Waals surface area contributed by atoms with Gasteiger partial charge >= 0.3 is 0 Å². The summed E-state index contributed by atoms with van der Waals surface area (Å²) in [6.45, 7) is 7.80. The van der Waals surface area contributed by atoms with E-state index in [0.717, 1.165) is 11.3 Å². The zero-order chi connectivity index (χ0) is 14.0. The van der Waals surface area contributed by atoms with Gasteiger partial charge in [0.1, 0.15) is 11.5 Å². The van der Waals surface area contributed by atoms with Gasteiger partial charge in [0, 0.05) is 12.1 Å². The van der Waals surface area contributed by atoms with Crippen molar-refractivity contribution in [2.45, 2.75) is 33.6 Å². The van der Waals surface area contributed by atoms with Gasteiger partial charge in [-0.2, -0.15) is 0 Å². The predicted molar refractivity (Wildman–Crippen MR) is 74.5 cm³/mol. The van der Waals surface area contributed by atoms with Crippen molar-refractivity contribution in [2.75, 3.05) is 5.32 Å². The van der Waals surface area contributed by atoms with E-state index in [2.05, 4.69) is 10.3 Å². The third-order valence-electron chi connectivity index (χ3n) is 2.88. The third-order valence-corrected chi connectivity index (χ3v) is 2.88. The van der Waals surface area contributed by atoms with E-state index in [9.17, 15) is 4.79 Å². The first kappa shape index (κ1) is 13.3. The first-order valence-corrected chi connectivity index (χ1v) is 6.30. The molecule has 19 heavy (non-hydrogen) atoms. The van der Waals surface area contributed by atoms with E-state index in [1.807, 2.05) is 26.8 Å². The highest BCUT2D eigenvalue weighted by Crippen LogP contribution is 2.22. The molecular formula is C15H18N2O2. The Labute approximate surface area is 112 Å².